The van der Waals surface area contributed by atoms with Crippen LogP contribution in [-0.4, -0.2) is 60.8 Å². The average molecular weight is 387 g/mol. The van der Waals surface area contributed by atoms with Gasteiger partial charge in [0.1, 0.15) is 0 Å². The topological polar surface area (TPSA) is 61.8 Å². The molecule has 152 valence electrons. The fourth-order valence-electron chi connectivity index (χ4n) is 2.97. The van der Waals surface area contributed by atoms with Crippen molar-refractivity contribution in [1.82, 2.24) is 20.5 Å². The van der Waals surface area contributed by atoms with Crippen LogP contribution in [0.25, 0.3) is 0 Å². The van der Waals surface area contributed by atoms with Crippen LogP contribution in [-0.2, 0) is 6.54 Å². The average Bonchev–Trinajstić information content (AvgIpc) is 2.63. The first-order chi connectivity index (χ1) is 12.8. The Labute approximate surface area is 158 Å². The molecule has 1 aliphatic rings. The molecule has 1 saturated heterocycles. The van der Waals surface area contributed by atoms with E-state index in [1.54, 1.807) is 19.2 Å². The summed E-state index contributed by atoms with van der Waals surface area (Å²) in [5.41, 5.74) is 0.541. The van der Waals surface area contributed by atoms with Crippen LogP contribution in [0.4, 0.5) is 13.2 Å². The van der Waals surface area contributed by atoms with Gasteiger partial charge in [-0.05, 0) is 32.8 Å². The number of nitrogens with zero attached hydrogens (tertiary/aromatic N) is 3. The number of nitrogens with one attached hydrogen (secondary N) is 2. The van der Waals surface area contributed by atoms with E-state index in [4.69, 9.17) is 4.74 Å². The lowest BCUT2D eigenvalue weighted by Gasteiger charge is -2.35. The lowest BCUT2D eigenvalue weighted by molar-refractivity contribution is -0.154. The Morgan fingerprint density at radius 1 is 1.37 bits per heavy atom. The van der Waals surface area contributed by atoms with E-state index < -0.39 is 12.8 Å². The first kappa shape index (κ1) is 21.3. The third-order valence-electron chi connectivity index (χ3n) is 4.49. The highest BCUT2D eigenvalue weighted by molar-refractivity contribution is 5.80. The molecule has 6 nitrogen and oxygen atoms in total. The van der Waals surface area contributed by atoms with Crippen molar-refractivity contribution in [1.29, 1.82) is 0 Å². The molecule has 1 aliphatic heterocycles. The quantitative estimate of drug-likeness (QED) is 0.580. The number of alkyl halides is 3. The van der Waals surface area contributed by atoms with Gasteiger partial charge in [0.25, 0.3) is 0 Å². The summed E-state index contributed by atoms with van der Waals surface area (Å²) >= 11 is 0. The van der Waals surface area contributed by atoms with E-state index in [2.05, 4.69) is 39.4 Å². The third-order valence-corrected chi connectivity index (χ3v) is 4.49. The Balaban J connectivity index is 1.86. The molecule has 0 unspecified atom stereocenters. The molecule has 0 atom stereocenters. The van der Waals surface area contributed by atoms with Crippen LogP contribution in [0.15, 0.2) is 23.3 Å². The van der Waals surface area contributed by atoms with Gasteiger partial charge in [0.05, 0.1) is 0 Å². The number of pyridine rings is 1. The second kappa shape index (κ2) is 9.77. The van der Waals surface area contributed by atoms with Crippen molar-refractivity contribution < 1.29 is 17.9 Å². The van der Waals surface area contributed by atoms with Crippen molar-refractivity contribution in [3.8, 4) is 5.88 Å². The molecule has 2 N–H and O–H groups in total. The van der Waals surface area contributed by atoms with Crippen molar-refractivity contribution in [2.75, 3.05) is 26.7 Å². The maximum Gasteiger partial charge on any atom is 0.422 e. The van der Waals surface area contributed by atoms with Gasteiger partial charge in [0.2, 0.25) is 5.88 Å². The van der Waals surface area contributed by atoms with Crippen LogP contribution >= 0.6 is 0 Å². The molecule has 0 aromatic carbocycles. The molecule has 1 aromatic rings. The molecular formula is C18H28F3N5O. The van der Waals surface area contributed by atoms with Crippen LogP contribution in [0.2, 0.25) is 0 Å². The summed E-state index contributed by atoms with van der Waals surface area (Å²) in [7, 11) is 1.67. The number of likely N-dealkylation sites (tertiary alicyclic amines) is 1. The van der Waals surface area contributed by atoms with E-state index in [0.29, 0.717) is 23.6 Å². The summed E-state index contributed by atoms with van der Waals surface area (Å²) in [6.45, 7) is 5.36. The van der Waals surface area contributed by atoms with Gasteiger partial charge < -0.3 is 20.3 Å². The Bertz CT molecular complexity index is 613. The Morgan fingerprint density at radius 2 is 2.07 bits per heavy atom. The molecule has 2 heterocycles. The Morgan fingerprint density at radius 3 is 2.67 bits per heavy atom. The van der Waals surface area contributed by atoms with Gasteiger partial charge >= 0.3 is 6.18 Å². The number of guanidine groups is 1. The molecule has 1 aromatic heterocycles. The summed E-state index contributed by atoms with van der Waals surface area (Å²) in [4.78, 5) is 10.5. The summed E-state index contributed by atoms with van der Waals surface area (Å²) in [5, 5.41) is 6.51. The second-order valence-corrected chi connectivity index (χ2v) is 6.85. The molecule has 0 amide bonds. The van der Waals surface area contributed by atoms with Gasteiger partial charge in [-0.1, -0.05) is 6.07 Å². The fourth-order valence-corrected chi connectivity index (χ4v) is 2.97. The maximum absolute atomic E-state index is 12.4. The first-order valence-electron chi connectivity index (χ1n) is 9.13. The van der Waals surface area contributed by atoms with Crippen molar-refractivity contribution in [2.24, 2.45) is 4.99 Å². The highest BCUT2D eigenvalue weighted by Crippen LogP contribution is 2.20. The van der Waals surface area contributed by atoms with Gasteiger partial charge in [-0.15, -0.1) is 0 Å². The zero-order valence-corrected chi connectivity index (χ0v) is 16.0. The van der Waals surface area contributed by atoms with Gasteiger partial charge in [-0.25, -0.2) is 4.98 Å². The number of rotatable bonds is 6. The molecule has 0 aliphatic carbocycles. The van der Waals surface area contributed by atoms with Crippen molar-refractivity contribution in [2.45, 2.75) is 51.5 Å². The predicted molar refractivity (Wildman–Crippen MR) is 98.9 cm³/mol. The Hall–Kier alpha value is -2.03. The monoisotopic (exact) mass is 387 g/mol. The van der Waals surface area contributed by atoms with Crippen LogP contribution in [0.3, 0.4) is 0 Å². The number of hydrogen-bond acceptors (Lipinski definition) is 4. The molecule has 0 saturated carbocycles. The van der Waals surface area contributed by atoms with E-state index in [1.165, 1.54) is 6.20 Å². The minimum atomic E-state index is -4.40. The number of aromatic nitrogens is 1. The van der Waals surface area contributed by atoms with Crippen LogP contribution in [0, 0.1) is 0 Å². The summed E-state index contributed by atoms with van der Waals surface area (Å²) in [6, 6.07) is 4.21. The molecule has 2 rings (SSSR count). The summed E-state index contributed by atoms with van der Waals surface area (Å²) in [6.07, 6.45) is -0.952. The number of hydrogen-bond donors (Lipinski definition) is 2. The van der Waals surface area contributed by atoms with Gasteiger partial charge in [-0.3, -0.25) is 4.99 Å². The zero-order valence-electron chi connectivity index (χ0n) is 16.0. The van der Waals surface area contributed by atoms with Crippen LogP contribution in [0.1, 0.15) is 32.3 Å². The highest BCUT2D eigenvalue weighted by atomic mass is 19.4. The second-order valence-electron chi connectivity index (χ2n) is 6.85. The largest absolute Gasteiger partial charge is 0.468 e. The lowest BCUT2D eigenvalue weighted by Crippen LogP contribution is -2.49. The molecule has 1 fully saturated rings. The maximum atomic E-state index is 12.4. The van der Waals surface area contributed by atoms with Crippen molar-refractivity contribution in [3.63, 3.8) is 0 Å². The molecule has 9 heteroatoms. The number of halogens is 3. The normalized spacial score (nSPS) is 17.2. The zero-order chi connectivity index (χ0) is 19.9. The minimum Gasteiger partial charge on any atom is -0.468 e. The van der Waals surface area contributed by atoms with E-state index in [0.717, 1.165) is 25.9 Å². The SMILES string of the molecule is CN=C(NCc1cccnc1OCC(F)(F)F)NC1CCN(C(C)C)CC1. The molecule has 0 radical (unpaired) electrons. The van der Waals surface area contributed by atoms with Gasteiger partial charge in [0.15, 0.2) is 12.6 Å². The number of piperidine rings is 1. The molecule has 27 heavy (non-hydrogen) atoms. The van der Waals surface area contributed by atoms with E-state index >= 15 is 0 Å². The Kier molecular flexibility index (Phi) is 7.70. The number of aliphatic imine (C=N–C) groups is 1. The first-order valence-corrected chi connectivity index (χ1v) is 9.13. The predicted octanol–water partition coefficient (Wildman–Crippen LogP) is 2.56. The third kappa shape index (κ3) is 7.24. The molecular weight excluding hydrogens is 359 g/mol. The van der Waals surface area contributed by atoms with Gasteiger partial charge in [0, 0.05) is 50.5 Å². The van der Waals surface area contributed by atoms with E-state index in [1.807, 2.05) is 0 Å². The molecule has 0 bridgehead atoms. The lowest BCUT2D eigenvalue weighted by atomic mass is 10.0. The van der Waals surface area contributed by atoms with E-state index in [-0.39, 0.29) is 12.4 Å². The highest BCUT2D eigenvalue weighted by Gasteiger charge is 2.29. The minimum absolute atomic E-state index is 0.0250. The van der Waals surface area contributed by atoms with Crippen molar-refractivity contribution in [3.05, 3.63) is 23.9 Å². The number of ether oxygens (including phenoxy) is 1. The summed E-state index contributed by atoms with van der Waals surface area (Å²) < 4.78 is 41.9. The van der Waals surface area contributed by atoms with E-state index in [9.17, 15) is 13.2 Å². The van der Waals surface area contributed by atoms with Crippen molar-refractivity contribution >= 4 is 5.96 Å². The smallest absolute Gasteiger partial charge is 0.422 e. The summed E-state index contributed by atoms with van der Waals surface area (Å²) in [5.74, 6) is 0.589. The standard InChI is InChI=1S/C18H28F3N5O/c1-13(2)26-9-6-15(7-10-26)25-17(22-3)24-11-14-5-4-8-23-16(14)27-12-18(19,20)21/h4-5,8,13,15H,6-7,9-12H2,1-3H3,(H2,22,24,25). The van der Waals surface area contributed by atoms with Crippen LogP contribution in [0.5, 0.6) is 5.88 Å². The fraction of sp³-hybridized carbons (Fsp3) is 0.667. The van der Waals surface area contributed by atoms with Crippen LogP contribution < -0.4 is 15.4 Å². The molecule has 0 spiro atoms. The van der Waals surface area contributed by atoms with Gasteiger partial charge in [-0.2, -0.15) is 13.2 Å².